The molecular formula is C16H24N2O4S. The summed E-state index contributed by atoms with van der Waals surface area (Å²) >= 11 is 0. The molecule has 0 amide bonds. The highest BCUT2D eigenvalue weighted by molar-refractivity contribution is 7.89. The maximum atomic E-state index is 12.7. The van der Waals surface area contributed by atoms with E-state index >= 15 is 0 Å². The van der Waals surface area contributed by atoms with Crippen LogP contribution in [0.3, 0.4) is 0 Å². The van der Waals surface area contributed by atoms with Crippen molar-refractivity contribution in [3.8, 4) is 0 Å². The topological polar surface area (TPSA) is 68.7 Å². The lowest BCUT2D eigenvalue weighted by Gasteiger charge is -2.48. The van der Waals surface area contributed by atoms with Gasteiger partial charge in [-0.3, -0.25) is 4.98 Å². The summed E-state index contributed by atoms with van der Waals surface area (Å²) < 4.78 is 38.0. The van der Waals surface area contributed by atoms with Gasteiger partial charge < -0.3 is 9.47 Å². The number of methoxy groups -OCH3 is 1. The van der Waals surface area contributed by atoms with Crippen LogP contribution in [0.15, 0.2) is 29.4 Å². The molecule has 1 atom stereocenters. The number of hydrogen-bond donors (Lipinski definition) is 0. The summed E-state index contributed by atoms with van der Waals surface area (Å²) in [6.07, 6.45) is 5.72. The maximum absolute atomic E-state index is 12.7. The summed E-state index contributed by atoms with van der Waals surface area (Å²) in [5.41, 5.74) is 0.148. The molecule has 3 heterocycles. The van der Waals surface area contributed by atoms with Gasteiger partial charge >= 0.3 is 0 Å². The van der Waals surface area contributed by atoms with Crippen molar-refractivity contribution in [1.29, 1.82) is 0 Å². The van der Waals surface area contributed by atoms with E-state index in [0.717, 1.165) is 25.9 Å². The van der Waals surface area contributed by atoms with Crippen molar-refractivity contribution in [2.75, 3.05) is 40.0 Å². The number of hydrogen-bond acceptors (Lipinski definition) is 5. The second kappa shape index (κ2) is 6.84. The number of nitrogens with zero attached hydrogens (tertiary/aromatic N) is 2. The molecule has 1 aromatic heterocycles. The summed E-state index contributed by atoms with van der Waals surface area (Å²) in [6, 6.07) is 3.26. The Bertz CT molecular complexity index is 610. The van der Waals surface area contributed by atoms with Gasteiger partial charge in [-0.2, -0.15) is 4.31 Å². The van der Waals surface area contributed by atoms with Crippen LogP contribution in [0.5, 0.6) is 0 Å². The number of piperidine rings is 1. The van der Waals surface area contributed by atoms with Crippen LogP contribution in [-0.4, -0.2) is 57.7 Å². The van der Waals surface area contributed by atoms with E-state index in [1.165, 1.54) is 6.20 Å². The van der Waals surface area contributed by atoms with Crippen LogP contribution in [0.4, 0.5) is 0 Å². The van der Waals surface area contributed by atoms with Crippen LogP contribution in [0.25, 0.3) is 0 Å². The van der Waals surface area contributed by atoms with Gasteiger partial charge in [-0.15, -0.1) is 0 Å². The number of sulfonamides is 1. The van der Waals surface area contributed by atoms with E-state index in [0.29, 0.717) is 32.2 Å². The van der Waals surface area contributed by atoms with Gasteiger partial charge in [-0.1, -0.05) is 0 Å². The van der Waals surface area contributed by atoms with Crippen LogP contribution >= 0.6 is 0 Å². The Kier molecular flexibility index (Phi) is 5.01. The first-order chi connectivity index (χ1) is 11.1. The minimum Gasteiger partial charge on any atom is -0.384 e. The summed E-state index contributed by atoms with van der Waals surface area (Å²) in [5, 5.41) is 0. The Morgan fingerprint density at radius 3 is 2.83 bits per heavy atom. The van der Waals surface area contributed by atoms with Gasteiger partial charge in [-0.25, -0.2) is 8.42 Å². The number of rotatable bonds is 4. The lowest BCUT2D eigenvalue weighted by Crippen LogP contribution is -2.50. The molecule has 2 saturated heterocycles. The van der Waals surface area contributed by atoms with Crippen LogP contribution in [-0.2, 0) is 19.5 Å². The fraction of sp³-hybridized carbons (Fsp3) is 0.688. The molecule has 23 heavy (non-hydrogen) atoms. The minimum atomic E-state index is -3.44. The molecule has 1 spiro atoms. The lowest BCUT2D eigenvalue weighted by atomic mass is 9.66. The number of ether oxygens (including phenoxy) is 2. The molecule has 0 radical (unpaired) electrons. The first kappa shape index (κ1) is 16.8. The molecule has 0 bridgehead atoms. The van der Waals surface area contributed by atoms with Crippen LogP contribution in [0.2, 0.25) is 0 Å². The van der Waals surface area contributed by atoms with E-state index in [4.69, 9.17) is 9.47 Å². The van der Waals surface area contributed by atoms with E-state index in [1.54, 1.807) is 29.7 Å². The highest BCUT2D eigenvalue weighted by Gasteiger charge is 2.45. The molecule has 0 aliphatic carbocycles. The van der Waals surface area contributed by atoms with Gasteiger partial charge in [0.15, 0.2) is 0 Å². The van der Waals surface area contributed by atoms with Crippen molar-refractivity contribution in [2.24, 2.45) is 11.3 Å². The molecule has 0 N–H and O–H groups in total. The molecule has 0 aromatic carbocycles. The van der Waals surface area contributed by atoms with E-state index in [9.17, 15) is 8.42 Å². The van der Waals surface area contributed by atoms with Crippen molar-refractivity contribution in [3.05, 3.63) is 24.5 Å². The highest BCUT2D eigenvalue weighted by Crippen LogP contribution is 2.45. The van der Waals surface area contributed by atoms with Crippen molar-refractivity contribution in [3.63, 3.8) is 0 Å². The maximum Gasteiger partial charge on any atom is 0.244 e. The second-order valence-corrected chi connectivity index (χ2v) is 8.37. The fourth-order valence-electron chi connectivity index (χ4n) is 3.79. The molecule has 0 unspecified atom stereocenters. The summed E-state index contributed by atoms with van der Waals surface area (Å²) in [7, 11) is -1.73. The largest absolute Gasteiger partial charge is 0.384 e. The van der Waals surface area contributed by atoms with Gasteiger partial charge in [0, 0.05) is 45.1 Å². The Balaban J connectivity index is 1.73. The Morgan fingerprint density at radius 1 is 1.39 bits per heavy atom. The predicted molar refractivity (Wildman–Crippen MR) is 85.5 cm³/mol. The van der Waals surface area contributed by atoms with Gasteiger partial charge in [0.2, 0.25) is 10.0 Å². The molecule has 6 nitrogen and oxygen atoms in total. The zero-order chi connectivity index (χ0) is 16.3. The molecule has 0 saturated carbocycles. The third kappa shape index (κ3) is 3.28. The normalized spacial score (nSPS) is 25.5. The summed E-state index contributed by atoms with van der Waals surface area (Å²) in [5.74, 6) is 0.351. The molecule has 2 aliphatic heterocycles. The highest BCUT2D eigenvalue weighted by atomic mass is 32.2. The second-order valence-electron chi connectivity index (χ2n) is 6.43. The van der Waals surface area contributed by atoms with Crippen LogP contribution in [0.1, 0.15) is 19.3 Å². The predicted octanol–water partition coefficient (Wildman–Crippen LogP) is 1.54. The van der Waals surface area contributed by atoms with Crippen molar-refractivity contribution < 1.29 is 17.9 Å². The van der Waals surface area contributed by atoms with Crippen molar-refractivity contribution >= 4 is 10.0 Å². The lowest BCUT2D eigenvalue weighted by molar-refractivity contribution is -0.0881. The van der Waals surface area contributed by atoms with Gasteiger partial charge in [0.25, 0.3) is 0 Å². The van der Waals surface area contributed by atoms with Gasteiger partial charge in [0.05, 0.1) is 13.2 Å². The molecule has 7 heteroatoms. The third-order valence-electron chi connectivity index (χ3n) is 5.29. The molecule has 2 aliphatic rings. The molecular weight excluding hydrogens is 316 g/mol. The van der Waals surface area contributed by atoms with E-state index in [1.807, 2.05) is 0 Å². The zero-order valence-electron chi connectivity index (χ0n) is 13.5. The first-order valence-electron chi connectivity index (χ1n) is 8.05. The zero-order valence-corrected chi connectivity index (χ0v) is 14.3. The number of aromatic nitrogens is 1. The first-order valence-corrected chi connectivity index (χ1v) is 9.49. The van der Waals surface area contributed by atoms with Crippen LogP contribution in [0, 0.1) is 11.3 Å². The monoisotopic (exact) mass is 340 g/mol. The van der Waals surface area contributed by atoms with Crippen molar-refractivity contribution in [2.45, 2.75) is 24.2 Å². The summed E-state index contributed by atoms with van der Waals surface area (Å²) in [4.78, 5) is 4.20. The molecule has 1 aromatic rings. The van der Waals surface area contributed by atoms with Gasteiger partial charge in [-0.05, 0) is 36.8 Å². The summed E-state index contributed by atoms with van der Waals surface area (Å²) in [6.45, 7) is 3.25. The molecule has 128 valence electrons. The third-order valence-corrected chi connectivity index (χ3v) is 7.17. The smallest absolute Gasteiger partial charge is 0.244 e. The standard InChI is InChI=1S/C16H24N2O4S/c1-21-12-14-13-22-10-6-16(14)4-8-18(9-5-16)23(19,20)15-3-2-7-17-11-15/h2-3,7,11,14H,4-6,8-10,12-13H2,1H3/t14-/m0/s1. The average Bonchev–Trinajstić information content (AvgIpc) is 2.59. The number of pyridine rings is 1. The Morgan fingerprint density at radius 2 is 2.17 bits per heavy atom. The van der Waals surface area contributed by atoms with E-state index in [-0.39, 0.29) is 10.3 Å². The Hall–Kier alpha value is -1.02. The molecule has 2 fully saturated rings. The average molecular weight is 340 g/mol. The van der Waals surface area contributed by atoms with Crippen LogP contribution < -0.4 is 0 Å². The SMILES string of the molecule is COC[C@H]1COCCC12CCN(S(=O)(=O)c1cccnc1)CC2. The quantitative estimate of drug-likeness (QED) is 0.831. The molecule has 3 rings (SSSR count). The minimum absolute atomic E-state index is 0.148. The Labute approximate surface area is 137 Å². The van der Waals surface area contributed by atoms with Gasteiger partial charge in [0.1, 0.15) is 4.90 Å². The fourth-order valence-corrected chi connectivity index (χ4v) is 5.19. The van der Waals surface area contributed by atoms with Crippen molar-refractivity contribution in [1.82, 2.24) is 9.29 Å². The van der Waals surface area contributed by atoms with E-state index in [2.05, 4.69) is 4.98 Å². The van der Waals surface area contributed by atoms with E-state index < -0.39 is 10.0 Å².